The second kappa shape index (κ2) is 2.95. The van der Waals surface area contributed by atoms with E-state index in [9.17, 15) is 8.42 Å². The van der Waals surface area contributed by atoms with Gasteiger partial charge in [-0.05, 0) is 44.9 Å². The average molecular weight is 203 g/mol. The van der Waals surface area contributed by atoms with Gasteiger partial charge in [0.25, 0.3) is 0 Å². The van der Waals surface area contributed by atoms with Gasteiger partial charge in [0.05, 0.1) is 5.75 Å². The maximum atomic E-state index is 11.4. The minimum Gasteiger partial charge on any atom is -0.212 e. The fourth-order valence-corrected chi connectivity index (χ4v) is 3.83. The summed E-state index contributed by atoms with van der Waals surface area (Å²) in [5.41, 5.74) is -0.0422. The lowest BCUT2D eigenvalue weighted by Crippen LogP contribution is -2.45. The van der Waals surface area contributed by atoms with Crippen LogP contribution in [0.1, 0.15) is 39.0 Å². The van der Waals surface area contributed by atoms with Crippen molar-refractivity contribution in [3.05, 3.63) is 0 Å². The van der Waals surface area contributed by atoms with E-state index >= 15 is 0 Å². The lowest BCUT2D eigenvalue weighted by Gasteiger charge is -2.27. The highest BCUT2D eigenvalue weighted by molar-refractivity contribution is 7.89. The molecule has 0 unspecified atom stereocenters. The quantitative estimate of drug-likeness (QED) is 0.750. The van der Waals surface area contributed by atoms with Crippen LogP contribution in [0.5, 0.6) is 0 Å². The summed E-state index contributed by atoms with van der Waals surface area (Å²) in [6.07, 6.45) is 5.61. The molecule has 4 heteroatoms. The summed E-state index contributed by atoms with van der Waals surface area (Å²) < 4.78 is 25.7. The SMILES string of the molecule is CCS(=O)(=O)NC12CCC(CC1)C2. The number of hydrogen-bond acceptors (Lipinski definition) is 2. The van der Waals surface area contributed by atoms with Gasteiger partial charge in [0.15, 0.2) is 0 Å². The fourth-order valence-electron chi connectivity index (χ4n) is 2.74. The second-order valence-electron chi connectivity index (χ2n) is 4.43. The van der Waals surface area contributed by atoms with E-state index in [1.54, 1.807) is 6.92 Å². The van der Waals surface area contributed by atoms with Crippen LogP contribution in [-0.4, -0.2) is 19.7 Å². The molecule has 2 saturated carbocycles. The third-order valence-corrected chi connectivity index (χ3v) is 5.00. The Balaban J connectivity index is 2.09. The molecular formula is C9H17NO2S. The molecule has 76 valence electrons. The molecular weight excluding hydrogens is 186 g/mol. The van der Waals surface area contributed by atoms with E-state index in [1.807, 2.05) is 0 Å². The highest BCUT2D eigenvalue weighted by Gasteiger charge is 2.46. The van der Waals surface area contributed by atoms with Gasteiger partial charge in [-0.25, -0.2) is 13.1 Å². The van der Waals surface area contributed by atoms with Crippen molar-refractivity contribution in [3.8, 4) is 0 Å². The minimum absolute atomic E-state index is 0.0422. The van der Waals surface area contributed by atoms with Gasteiger partial charge in [-0.1, -0.05) is 0 Å². The summed E-state index contributed by atoms with van der Waals surface area (Å²) in [4.78, 5) is 0. The number of sulfonamides is 1. The molecule has 0 saturated heterocycles. The Morgan fingerprint density at radius 3 is 2.38 bits per heavy atom. The molecule has 2 aliphatic carbocycles. The van der Waals surface area contributed by atoms with Crippen molar-refractivity contribution in [2.45, 2.75) is 44.6 Å². The van der Waals surface area contributed by atoms with E-state index in [1.165, 1.54) is 12.8 Å². The van der Waals surface area contributed by atoms with Gasteiger partial charge in [0.2, 0.25) is 10.0 Å². The van der Waals surface area contributed by atoms with Crippen molar-refractivity contribution >= 4 is 10.0 Å². The van der Waals surface area contributed by atoms with Crippen LogP contribution in [-0.2, 0) is 10.0 Å². The van der Waals surface area contributed by atoms with E-state index in [4.69, 9.17) is 0 Å². The van der Waals surface area contributed by atoms with Crippen LogP contribution >= 0.6 is 0 Å². The van der Waals surface area contributed by atoms with Gasteiger partial charge >= 0.3 is 0 Å². The number of hydrogen-bond donors (Lipinski definition) is 1. The van der Waals surface area contributed by atoms with Crippen LogP contribution in [0.4, 0.5) is 0 Å². The average Bonchev–Trinajstić information content (AvgIpc) is 2.62. The molecule has 0 radical (unpaired) electrons. The summed E-state index contributed by atoms with van der Waals surface area (Å²) in [5, 5.41) is 0. The number of nitrogens with one attached hydrogen (secondary N) is 1. The minimum atomic E-state index is -3.00. The zero-order chi connectivity index (χ0) is 9.53. The van der Waals surface area contributed by atoms with Crippen molar-refractivity contribution in [2.24, 2.45) is 5.92 Å². The first-order valence-electron chi connectivity index (χ1n) is 5.07. The predicted octanol–water partition coefficient (Wildman–Crippen LogP) is 1.26. The molecule has 0 atom stereocenters. The number of rotatable bonds is 3. The molecule has 0 aromatic heterocycles. The summed E-state index contributed by atoms with van der Waals surface area (Å²) >= 11 is 0. The van der Waals surface area contributed by atoms with Crippen LogP contribution in [0.15, 0.2) is 0 Å². The van der Waals surface area contributed by atoms with Crippen molar-refractivity contribution in [1.82, 2.24) is 4.72 Å². The maximum Gasteiger partial charge on any atom is 0.211 e. The monoisotopic (exact) mass is 203 g/mol. The normalized spacial score (nSPS) is 38.4. The Morgan fingerprint density at radius 1 is 1.38 bits per heavy atom. The third kappa shape index (κ3) is 1.74. The lowest BCUT2D eigenvalue weighted by atomic mass is 9.95. The van der Waals surface area contributed by atoms with Crippen LogP contribution in [0.25, 0.3) is 0 Å². The van der Waals surface area contributed by atoms with E-state index < -0.39 is 10.0 Å². The Kier molecular flexibility index (Phi) is 2.15. The Labute approximate surface area is 80.0 Å². The summed E-state index contributed by atoms with van der Waals surface area (Å²) in [6.45, 7) is 1.69. The molecule has 0 aliphatic heterocycles. The van der Waals surface area contributed by atoms with Crippen molar-refractivity contribution in [2.75, 3.05) is 5.75 Å². The number of fused-ring (bicyclic) bond motifs is 2. The zero-order valence-electron chi connectivity index (χ0n) is 8.04. The molecule has 1 N–H and O–H groups in total. The van der Waals surface area contributed by atoms with Crippen molar-refractivity contribution < 1.29 is 8.42 Å². The first kappa shape index (κ1) is 9.46. The Hall–Kier alpha value is -0.0900. The fraction of sp³-hybridized carbons (Fsp3) is 1.00. The van der Waals surface area contributed by atoms with Crippen molar-refractivity contribution in [1.29, 1.82) is 0 Å². The summed E-state index contributed by atoms with van der Waals surface area (Å²) in [5.74, 6) is 0.999. The van der Waals surface area contributed by atoms with Crippen molar-refractivity contribution in [3.63, 3.8) is 0 Å². The van der Waals surface area contributed by atoms with Crippen LogP contribution in [0, 0.1) is 5.92 Å². The molecule has 0 heterocycles. The Morgan fingerprint density at radius 2 is 2.00 bits per heavy atom. The standard InChI is InChI=1S/C9H17NO2S/c1-2-13(11,12)10-9-5-3-8(7-9)4-6-9/h8,10H,2-7H2,1H3. The molecule has 0 aromatic rings. The molecule has 0 aromatic carbocycles. The molecule has 2 rings (SSSR count). The van der Waals surface area contributed by atoms with Gasteiger partial charge in [0, 0.05) is 5.54 Å². The third-order valence-electron chi connectivity index (χ3n) is 3.49. The van der Waals surface area contributed by atoms with Gasteiger partial charge in [-0.15, -0.1) is 0 Å². The molecule has 2 bridgehead atoms. The van der Waals surface area contributed by atoms with E-state index in [-0.39, 0.29) is 11.3 Å². The van der Waals surface area contributed by atoms with E-state index in [0.717, 1.165) is 25.2 Å². The van der Waals surface area contributed by atoms with Gasteiger partial charge in [-0.2, -0.15) is 0 Å². The topological polar surface area (TPSA) is 46.2 Å². The predicted molar refractivity (Wildman–Crippen MR) is 51.9 cm³/mol. The zero-order valence-corrected chi connectivity index (χ0v) is 8.86. The first-order chi connectivity index (χ1) is 6.05. The largest absolute Gasteiger partial charge is 0.212 e. The lowest BCUT2D eigenvalue weighted by molar-refractivity contribution is 0.379. The first-order valence-corrected chi connectivity index (χ1v) is 6.72. The van der Waals surface area contributed by atoms with Gasteiger partial charge < -0.3 is 0 Å². The van der Waals surface area contributed by atoms with Crippen LogP contribution < -0.4 is 4.72 Å². The molecule has 0 amide bonds. The highest BCUT2D eigenvalue weighted by Crippen LogP contribution is 2.47. The van der Waals surface area contributed by atoms with Gasteiger partial charge in [-0.3, -0.25) is 0 Å². The summed E-state index contributed by atoms with van der Waals surface area (Å²) in [6, 6.07) is 0. The van der Waals surface area contributed by atoms with Gasteiger partial charge in [0.1, 0.15) is 0 Å². The van der Waals surface area contributed by atoms with Crippen LogP contribution in [0.3, 0.4) is 0 Å². The maximum absolute atomic E-state index is 11.4. The molecule has 2 aliphatic rings. The van der Waals surface area contributed by atoms with E-state index in [0.29, 0.717) is 0 Å². The molecule has 3 nitrogen and oxygen atoms in total. The highest BCUT2D eigenvalue weighted by atomic mass is 32.2. The Bertz CT molecular complexity index is 289. The smallest absolute Gasteiger partial charge is 0.211 e. The molecule has 13 heavy (non-hydrogen) atoms. The summed E-state index contributed by atoms with van der Waals surface area (Å²) in [7, 11) is -3.00. The molecule has 0 spiro atoms. The van der Waals surface area contributed by atoms with Crippen LogP contribution in [0.2, 0.25) is 0 Å². The molecule has 2 fully saturated rings. The second-order valence-corrected chi connectivity index (χ2v) is 6.44. The van der Waals surface area contributed by atoms with E-state index in [2.05, 4.69) is 4.72 Å².